The van der Waals surface area contributed by atoms with E-state index < -0.39 is 5.97 Å². The second-order valence-corrected chi connectivity index (χ2v) is 3.95. The summed E-state index contributed by atoms with van der Waals surface area (Å²) < 4.78 is 5.48. The van der Waals surface area contributed by atoms with E-state index in [1.165, 1.54) is 0 Å². The molecular formula is C10H18O3. The van der Waals surface area contributed by atoms with Crippen LogP contribution in [0.5, 0.6) is 0 Å². The van der Waals surface area contributed by atoms with E-state index >= 15 is 0 Å². The molecular weight excluding hydrogens is 168 g/mol. The lowest BCUT2D eigenvalue weighted by Crippen LogP contribution is -2.29. The van der Waals surface area contributed by atoms with Gasteiger partial charge in [-0.05, 0) is 32.1 Å². The first-order valence-corrected chi connectivity index (χ1v) is 4.95. The SMILES string of the molecule is CC(C[C@H]1CCCO[C@@H]1C)C(=O)O. The van der Waals surface area contributed by atoms with Gasteiger partial charge in [-0.25, -0.2) is 0 Å². The number of aliphatic carboxylic acids is 1. The molecule has 3 nitrogen and oxygen atoms in total. The average Bonchev–Trinajstić information content (AvgIpc) is 2.08. The summed E-state index contributed by atoms with van der Waals surface area (Å²) in [6, 6.07) is 0. The Kier molecular flexibility index (Phi) is 3.72. The van der Waals surface area contributed by atoms with Crippen molar-refractivity contribution in [2.24, 2.45) is 11.8 Å². The molecule has 0 aromatic rings. The van der Waals surface area contributed by atoms with Crippen LogP contribution < -0.4 is 0 Å². The third-order valence-electron chi connectivity index (χ3n) is 2.84. The number of ether oxygens (including phenoxy) is 1. The van der Waals surface area contributed by atoms with Crippen molar-refractivity contribution in [3.05, 3.63) is 0 Å². The summed E-state index contributed by atoms with van der Waals surface area (Å²) in [5.74, 6) is -0.508. The molecule has 3 heteroatoms. The molecule has 3 atom stereocenters. The molecule has 1 saturated heterocycles. The Morgan fingerprint density at radius 1 is 1.69 bits per heavy atom. The standard InChI is InChI=1S/C10H18O3/c1-7(10(11)12)6-9-4-3-5-13-8(9)2/h7-9H,3-6H2,1-2H3,(H,11,12)/t7?,8-,9-/m1/s1. The summed E-state index contributed by atoms with van der Waals surface area (Å²) in [7, 11) is 0. The highest BCUT2D eigenvalue weighted by atomic mass is 16.5. The number of carboxylic acids is 1. The van der Waals surface area contributed by atoms with Gasteiger partial charge < -0.3 is 9.84 Å². The van der Waals surface area contributed by atoms with Crippen molar-refractivity contribution in [3.63, 3.8) is 0 Å². The van der Waals surface area contributed by atoms with Gasteiger partial charge in [0, 0.05) is 6.61 Å². The van der Waals surface area contributed by atoms with Crippen molar-refractivity contribution in [1.82, 2.24) is 0 Å². The van der Waals surface area contributed by atoms with Gasteiger partial charge in [0.05, 0.1) is 12.0 Å². The predicted molar refractivity (Wildman–Crippen MR) is 49.6 cm³/mol. The smallest absolute Gasteiger partial charge is 0.306 e. The van der Waals surface area contributed by atoms with Gasteiger partial charge >= 0.3 is 5.97 Å². The molecule has 1 heterocycles. The second kappa shape index (κ2) is 4.61. The first-order valence-electron chi connectivity index (χ1n) is 4.95. The van der Waals surface area contributed by atoms with Gasteiger partial charge in [-0.1, -0.05) is 6.92 Å². The molecule has 1 fully saturated rings. The molecule has 0 aromatic heterocycles. The molecule has 76 valence electrons. The zero-order chi connectivity index (χ0) is 9.84. The van der Waals surface area contributed by atoms with Gasteiger partial charge in [0.25, 0.3) is 0 Å². The van der Waals surface area contributed by atoms with E-state index in [4.69, 9.17) is 9.84 Å². The zero-order valence-electron chi connectivity index (χ0n) is 8.32. The van der Waals surface area contributed by atoms with E-state index in [9.17, 15) is 4.79 Å². The van der Waals surface area contributed by atoms with E-state index in [-0.39, 0.29) is 12.0 Å². The van der Waals surface area contributed by atoms with Crippen molar-refractivity contribution in [2.75, 3.05) is 6.61 Å². The number of hydrogen-bond acceptors (Lipinski definition) is 2. The lowest BCUT2D eigenvalue weighted by atomic mass is 9.87. The minimum absolute atomic E-state index is 0.232. The van der Waals surface area contributed by atoms with E-state index in [1.54, 1.807) is 6.92 Å². The first-order chi connectivity index (χ1) is 6.11. The summed E-state index contributed by atoms with van der Waals surface area (Å²) in [6.45, 7) is 4.64. The maximum Gasteiger partial charge on any atom is 0.306 e. The summed E-state index contributed by atoms with van der Waals surface area (Å²) >= 11 is 0. The molecule has 1 aliphatic rings. The van der Waals surface area contributed by atoms with Gasteiger partial charge in [-0.2, -0.15) is 0 Å². The predicted octanol–water partition coefficient (Wildman–Crippen LogP) is 1.91. The Morgan fingerprint density at radius 3 is 2.92 bits per heavy atom. The van der Waals surface area contributed by atoms with Gasteiger partial charge in [-0.15, -0.1) is 0 Å². The van der Waals surface area contributed by atoms with Gasteiger partial charge in [-0.3, -0.25) is 4.79 Å². The summed E-state index contributed by atoms with van der Waals surface area (Å²) in [6.07, 6.45) is 3.16. The molecule has 0 saturated carbocycles. The second-order valence-electron chi connectivity index (χ2n) is 3.95. The van der Waals surface area contributed by atoms with Crippen LogP contribution in [0.3, 0.4) is 0 Å². The number of hydrogen-bond donors (Lipinski definition) is 1. The Bertz CT molecular complexity index is 179. The van der Waals surface area contributed by atoms with Gasteiger partial charge in [0.15, 0.2) is 0 Å². The Labute approximate surface area is 79.1 Å². The van der Waals surface area contributed by atoms with Gasteiger partial charge in [0.1, 0.15) is 0 Å². The van der Waals surface area contributed by atoms with E-state index in [1.807, 2.05) is 6.92 Å². The fourth-order valence-corrected chi connectivity index (χ4v) is 1.85. The minimum Gasteiger partial charge on any atom is -0.481 e. The molecule has 0 radical (unpaired) electrons. The van der Waals surface area contributed by atoms with Crippen molar-refractivity contribution >= 4 is 5.97 Å². The van der Waals surface area contributed by atoms with Crippen LogP contribution >= 0.6 is 0 Å². The van der Waals surface area contributed by atoms with Crippen molar-refractivity contribution in [2.45, 2.75) is 39.2 Å². The molecule has 0 aromatic carbocycles. The van der Waals surface area contributed by atoms with Crippen molar-refractivity contribution < 1.29 is 14.6 Å². The van der Waals surface area contributed by atoms with Crippen LogP contribution in [0.4, 0.5) is 0 Å². The summed E-state index contributed by atoms with van der Waals surface area (Å²) in [4.78, 5) is 10.6. The Hall–Kier alpha value is -0.570. The zero-order valence-corrected chi connectivity index (χ0v) is 8.32. The Balaban J connectivity index is 2.37. The van der Waals surface area contributed by atoms with Crippen molar-refractivity contribution in [3.8, 4) is 0 Å². The maximum absolute atomic E-state index is 10.6. The summed E-state index contributed by atoms with van der Waals surface area (Å²) in [5, 5.41) is 8.76. The quantitative estimate of drug-likeness (QED) is 0.732. The van der Waals surface area contributed by atoms with E-state index in [2.05, 4.69) is 0 Å². The lowest BCUT2D eigenvalue weighted by molar-refractivity contribution is -0.142. The highest BCUT2D eigenvalue weighted by Crippen LogP contribution is 2.26. The molecule has 0 bridgehead atoms. The summed E-state index contributed by atoms with van der Waals surface area (Å²) in [5.41, 5.74) is 0. The fraction of sp³-hybridized carbons (Fsp3) is 0.900. The largest absolute Gasteiger partial charge is 0.481 e. The molecule has 0 amide bonds. The monoisotopic (exact) mass is 186 g/mol. The molecule has 1 aliphatic heterocycles. The van der Waals surface area contributed by atoms with Crippen LogP contribution in [0.25, 0.3) is 0 Å². The van der Waals surface area contributed by atoms with E-state index in [0.717, 1.165) is 25.9 Å². The van der Waals surface area contributed by atoms with Gasteiger partial charge in [0.2, 0.25) is 0 Å². The number of carbonyl (C=O) groups is 1. The molecule has 0 aliphatic carbocycles. The molecule has 1 N–H and O–H groups in total. The van der Waals surface area contributed by atoms with Crippen LogP contribution in [0.1, 0.15) is 33.1 Å². The topological polar surface area (TPSA) is 46.5 Å². The van der Waals surface area contributed by atoms with Crippen LogP contribution in [-0.2, 0) is 9.53 Å². The molecule has 1 unspecified atom stereocenters. The van der Waals surface area contributed by atoms with Crippen molar-refractivity contribution in [1.29, 1.82) is 0 Å². The third-order valence-corrected chi connectivity index (χ3v) is 2.84. The number of rotatable bonds is 3. The highest BCUT2D eigenvalue weighted by Gasteiger charge is 2.25. The van der Waals surface area contributed by atoms with E-state index in [0.29, 0.717) is 5.92 Å². The fourth-order valence-electron chi connectivity index (χ4n) is 1.85. The molecule has 1 rings (SSSR count). The molecule has 13 heavy (non-hydrogen) atoms. The minimum atomic E-state index is -0.697. The molecule has 0 spiro atoms. The normalized spacial score (nSPS) is 31.2. The first kappa shape index (κ1) is 10.5. The maximum atomic E-state index is 10.6. The van der Waals surface area contributed by atoms with Crippen LogP contribution in [0, 0.1) is 11.8 Å². The third kappa shape index (κ3) is 2.99. The number of carboxylic acid groups (broad SMARTS) is 1. The lowest BCUT2D eigenvalue weighted by Gasteiger charge is -2.30. The van der Waals surface area contributed by atoms with Crippen LogP contribution in [-0.4, -0.2) is 23.8 Å². The average molecular weight is 186 g/mol. The Morgan fingerprint density at radius 2 is 2.38 bits per heavy atom. The van der Waals surface area contributed by atoms with Crippen LogP contribution in [0.15, 0.2) is 0 Å². The highest BCUT2D eigenvalue weighted by molar-refractivity contribution is 5.69. The van der Waals surface area contributed by atoms with Crippen LogP contribution in [0.2, 0.25) is 0 Å².